The molecule has 4 amide bonds. The molecule has 0 radical (unpaired) electrons. The Bertz CT molecular complexity index is 782. The Balaban J connectivity index is 1.50. The van der Waals surface area contributed by atoms with Gasteiger partial charge in [0.25, 0.3) is 5.91 Å². The predicted molar refractivity (Wildman–Crippen MR) is 121 cm³/mol. The smallest absolute Gasteiger partial charge is 0.325 e. The summed E-state index contributed by atoms with van der Waals surface area (Å²) in [7, 11) is 0. The van der Waals surface area contributed by atoms with E-state index in [4.69, 9.17) is 0 Å². The summed E-state index contributed by atoms with van der Waals surface area (Å²) >= 11 is 0. The zero-order valence-electron chi connectivity index (χ0n) is 19.2. The molecule has 1 aromatic rings. The van der Waals surface area contributed by atoms with E-state index in [-0.39, 0.29) is 36.3 Å². The van der Waals surface area contributed by atoms with Crippen LogP contribution in [-0.2, 0) is 16.0 Å². The fourth-order valence-corrected chi connectivity index (χ4v) is 4.75. The number of urea groups is 1. The van der Waals surface area contributed by atoms with Crippen molar-refractivity contribution in [1.82, 2.24) is 15.5 Å². The summed E-state index contributed by atoms with van der Waals surface area (Å²) < 4.78 is 0. The van der Waals surface area contributed by atoms with Gasteiger partial charge in [0.1, 0.15) is 5.54 Å². The number of nitrogens with one attached hydrogen (secondary N) is 2. The monoisotopic (exact) mass is 427 g/mol. The minimum atomic E-state index is -0.675. The summed E-state index contributed by atoms with van der Waals surface area (Å²) in [5.74, 6) is 0.105. The second-order valence-corrected chi connectivity index (χ2v) is 9.41. The highest BCUT2D eigenvalue weighted by Crippen LogP contribution is 2.35. The van der Waals surface area contributed by atoms with Crippen LogP contribution in [-0.4, -0.2) is 34.8 Å². The highest BCUT2D eigenvalue weighted by atomic mass is 16.2. The van der Waals surface area contributed by atoms with Gasteiger partial charge in [0.05, 0.1) is 6.04 Å². The quantitative estimate of drug-likeness (QED) is 0.540. The minimum Gasteiger partial charge on any atom is -0.349 e. The first-order chi connectivity index (χ1) is 14.9. The SMILES string of the molecule is CCCCc1ccc([C@@H](NC(=O)CCCN2C(=O)NC3(CCCC3)C2=O)C(C)C)cc1. The van der Waals surface area contributed by atoms with Gasteiger partial charge in [0.15, 0.2) is 0 Å². The molecule has 31 heavy (non-hydrogen) atoms. The van der Waals surface area contributed by atoms with E-state index >= 15 is 0 Å². The summed E-state index contributed by atoms with van der Waals surface area (Å²) in [6, 6.07) is 8.18. The third-order valence-electron chi connectivity index (χ3n) is 6.63. The molecule has 0 bridgehead atoms. The van der Waals surface area contributed by atoms with Crippen LogP contribution in [0.4, 0.5) is 4.79 Å². The number of unbranched alkanes of at least 4 members (excludes halogenated alkanes) is 1. The molecular formula is C25H37N3O3. The van der Waals surface area contributed by atoms with Gasteiger partial charge in [-0.1, -0.05) is 64.3 Å². The van der Waals surface area contributed by atoms with E-state index in [2.05, 4.69) is 55.7 Å². The van der Waals surface area contributed by atoms with Crippen LogP contribution in [0, 0.1) is 5.92 Å². The van der Waals surface area contributed by atoms with Crippen molar-refractivity contribution < 1.29 is 14.4 Å². The Hall–Kier alpha value is -2.37. The van der Waals surface area contributed by atoms with E-state index in [1.807, 2.05) is 0 Å². The largest absolute Gasteiger partial charge is 0.349 e. The zero-order chi connectivity index (χ0) is 22.4. The van der Waals surface area contributed by atoms with Gasteiger partial charge >= 0.3 is 6.03 Å². The number of carbonyl (C=O) groups is 3. The summed E-state index contributed by atoms with van der Waals surface area (Å²) in [5.41, 5.74) is 1.76. The van der Waals surface area contributed by atoms with Crippen molar-refractivity contribution in [2.45, 2.75) is 90.1 Å². The number of benzene rings is 1. The van der Waals surface area contributed by atoms with Crippen LogP contribution in [0.15, 0.2) is 24.3 Å². The van der Waals surface area contributed by atoms with Gasteiger partial charge in [-0.3, -0.25) is 14.5 Å². The molecule has 1 aliphatic carbocycles. The van der Waals surface area contributed by atoms with E-state index in [0.717, 1.165) is 37.7 Å². The van der Waals surface area contributed by atoms with Crippen molar-refractivity contribution in [2.24, 2.45) is 5.92 Å². The molecule has 170 valence electrons. The van der Waals surface area contributed by atoms with Crippen molar-refractivity contribution in [3.05, 3.63) is 35.4 Å². The van der Waals surface area contributed by atoms with Crippen LogP contribution < -0.4 is 10.6 Å². The molecule has 3 rings (SSSR count). The first kappa shape index (κ1) is 23.3. The third kappa shape index (κ3) is 5.46. The van der Waals surface area contributed by atoms with Gasteiger partial charge in [-0.2, -0.15) is 0 Å². The molecule has 1 saturated heterocycles. The Morgan fingerprint density at radius 3 is 2.42 bits per heavy atom. The van der Waals surface area contributed by atoms with E-state index in [1.54, 1.807) is 0 Å². The third-order valence-corrected chi connectivity index (χ3v) is 6.63. The van der Waals surface area contributed by atoms with Gasteiger partial charge in [-0.05, 0) is 49.1 Å². The van der Waals surface area contributed by atoms with E-state index in [1.165, 1.54) is 23.3 Å². The van der Waals surface area contributed by atoms with Crippen molar-refractivity contribution in [3.8, 4) is 0 Å². The number of amides is 4. The standard InChI is InChI=1S/C25H37N3O3/c1-4-5-9-19-11-13-20(14-12-19)22(18(2)3)26-21(29)10-8-17-28-23(30)25(27-24(28)31)15-6-7-16-25/h11-14,18,22H,4-10,15-17H2,1-3H3,(H,26,29)(H,27,31)/t22-/m0/s1. The Morgan fingerprint density at radius 2 is 1.81 bits per heavy atom. The van der Waals surface area contributed by atoms with Crippen LogP contribution in [0.3, 0.4) is 0 Å². The Kier molecular flexibility index (Phi) is 7.74. The van der Waals surface area contributed by atoms with Gasteiger partial charge < -0.3 is 10.6 Å². The molecule has 1 saturated carbocycles. The first-order valence-electron chi connectivity index (χ1n) is 11.9. The molecule has 2 aliphatic rings. The van der Waals surface area contributed by atoms with Crippen LogP contribution in [0.25, 0.3) is 0 Å². The molecule has 1 heterocycles. The summed E-state index contributed by atoms with van der Waals surface area (Å²) in [5, 5.41) is 6.04. The van der Waals surface area contributed by atoms with Gasteiger partial charge in [0, 0.05) is 13.0 Å². The maximum absolute atomic E-state index is 12.7. The van der Waals surface area contributed by atoms with E-state index < -0.39 is 5.54 Å². The molecule has 1 spiro atoms. The molecule has 0 unspecified atom stereocenters. The zero-order valence-corrected chi connectivity index (χ0v) is 19.2. The lowest BCUT2D eigenvalue weighted by Crippen LogP contribution is -2.44. The molecule has 1 atom stereocenters. The Labute approximate surface area is 186 Å². The Morgan fingerprint density at radius 1 is 1.13 bits per heavy atom. The van der Waals surface area contributed by atoms with E-state index in [9.17, 15) is 14.4 Å². The van der Waals surface area contributed by atoms with Crippen LogP contribution in [0.2, 0.25) is 0 Å². The average Bonchev–Trinajstić information content (AvgIpc) is 3.31. The van der Waals surface area contributed by atoms with Crippen LogP contribution >= 0.6 is 0 Å². The second kappa shape index (κ2) is 10.3. The number of rotatable bonds is 10. The predicted octanol–water partition coefficient (Wildman–Crippen LogP) is 4.49. The molecule has 0 aromatic heterocycles. The highest BCUT2D eigenvalue weighted by Gasteiger charge is 2.52. The number of imide groups is 1. The number of nitrogens with zero attached hydrogens (tertiary/aromatic N) is 1. The molecule has 2 fully saturated rings. The highest BCUT2D eigenvalue weighted by molar-refractivity contribution is 6.07. The van der Waals surface area contributed by atoms with Gasteiger partial charge in [-0.15, -0.1) is 0 Å². The molecule has 1 aliphatic heterocycles. The molecular weight excluding hydrogens is 390 g/mol. The topological polar surface area (TPSA) is 78.5 Å². The van der Waals surface area contributed by atoms with Crippen LogP contribution in [0.1, 0.15) is 89.3 Å². The molecule has 1 aromatic carbocycles. The fourth-order valence-electron chi connectivity index (χ4n) is 4.75. The number of hydrogen-bond donors (Lipinski definition) is 2. The molecule has 2 N–H and O–H groups in total. The average molecular weight is 428 g/mol. The van der Waals surface area contributed by atoms with Gasteiger partial charge in [-0.25, -0.2) is 4.79 Å². The summed E-state index contributed by atoms with van der Waals surface area (Å²) in [6.07, 6.45) is 7.60. The lowest BCUT2D eigenvalue weighted by Gasteiger charge is -2.23. The minimum absolute atomic E-state index is 0.0450. The maximum Gasteiger partial charge on any atom is 0.325 e. The lowest BCUT2D eigenvalue weighted by atomic mass is 9.94. The normalized spacial score (nSPS) is 18.6. The second-order valence-electron chi connectivity index (χ2n) is 9.41. The van der Waals surface area contributed by atoms with Crippen molar-refractivity contribution >= 4 is 17.8 Å². The van der Waals surface area contributed by atoms with Crippen LogP contribution in [0.5, 0.6) is 0 Å². The first-order valence-corrected chi connectivity index (χ1v) is 11.9. The van der Waals surface area contributed by atoms with Crippen molar-refractivity contribution in [3.63, 3.8) is 0 Å². The van der Waals surface area contributed by atoms with Crippen molar-refractivity contribution in [1.29, 1.82) is 0 Å². The van der Waals surface area contributed by atoms with Gasteiger partial charge in [0.2, 0.25) is 5.91 Å². The summed E-state index contributed by atoms with van der Waals surface area (Å²) in [4.78, 5) is 38.9. The summed E-state index contributed by atoms with van der Waals surface area (Å²) in [6.45, 7) is 6.68. The van der Waals surface area contributed by atoms with E-state index in [0.29, 0.717) is 12.8 Å². The maximum atomic E-state index is 12.7. The van der Waals surface area contributed by atoms with Crippen molar-refractivity contribution in [2.75, 3.05) is 6.54 Å². The lowest BCUT2D eigenvalue weighted by molar-refractivity contribution is -0.131. The fraction of sp³-hybridized carbons (Fsp3) is 0.640. The molecule has 6 nitrogen and oxygen atoms in total. The molecule has 6 heteroatoms. The number of hydrogen-bond acceptors (Lipinski definition) is 3. The number of carbonyl (C=O) groups excluding carboxylic acids is 3. The number of aryl methyl sites for hydroxylation is 1.